The summed E-state index contributed by atoms with van der Waals surface area (Å²) in [6.07, 6.45) is -4.36. The van der Waals surface area contributed by atoms with E-state index in [0.29, 0.717) is 24.6 Å². The summed E-state index contributed by atoms with van der Waals surface area (Å²) in [5, 5.41) is 8.71. The number of carbonyl (C=O) groups excluding carboxylic acids is 1. The van der Waals surface area contributed by atoms with Crippen molar-refractivity contribution >= 4 is 35.8 Å². The van der Waals surface area contributed by atoms with E-state index in [9.17, 15) is 18.0 Å². The SMILES string of the molecule is CCNC(=NCc1ccc(C(F)(F)F)cc1)NCC(=O)NCc1ccccc1.I. The number of hydrogen-bond acceptors (Lipinski definition) is 2. The Hall–Kier alpha value is -2.30. The average molecular weight is 520 g/mol. The van der Waals surface area contributed by atoms with Crippen LogP contribution in [0.1, 0.15) is 23.6 Å². The van der Waals surface area contributed by atoms with Crippen LogP contribution in [0.2, 0.25) is 0 Å². The number of carbonyl (C=O) groups is 1. The number of alkyl halides is 3. The van der Waals surface area contributed by atoms with E-state index >= 15 is 0 Å². The molecule has 0 spiro atoms. The highest BCUT2D eigenvalue weighted by Gasteiger charge is 2.29. The van der Waals surface area contributed by atoms with Crippen molar-refractivity contribution in [2.75, 3.05) is 13.1 Å². The molecule has 0 heterocycles. The standard InChI is InChI=1S/C20H23F3N4O.HI/c1-2-24-19(26-13-16-8-10-17(11-9-16)20(21,22)23)27-14-18(28)25-12-15-6-4-3-5-7-15;/h3-11H,2,12-14H2,1H3,(H,25,28)(H2,24,26,27);1H. The normalized spacial score (nSPS) is 11.4. The fourth-order valence-corrected chi connectivity index (χ4v) is 2.33. The van der Waals surface area contributed by atoms with Gasteiger partial charge in [-0.3, -0.25) is 4.79 Å². The molecule has 0 saturated carbocycles. The second-order valence-corrected chi connectivity index (χ2v) is 6.01. The fourth-order valence-electron chi connectivity index (χ4n) is 2.33. The summed E-state index contributed by atoms with van der Waals surface area (Å²) >= 11 is 0. The van der Waals surface area contributed by atoms with E-state index < -0.39 is 11.7 Å². The van der Waals surface area contributed by atoms with Gasteiger partial charge in [-0.15, -0.1) is 24.0 Å². The van der Waals surface area contributed by atoms with E-state index in [0.717, 1.165) is 17.7 Å². The molecule has 5 nitrogen and oxygen atoms in total. The van der Waals surface area contributed by atoms with Crippen LogP contribution in [0.15, 0.2) is 59.6 Å². The topological polar surface area (TPSA) is 65.5 Å². The van der Waals surface area contributed by atoms with Crippen molar-refractivity contribution in [1.82, 2.24) is 16.0 Å². The molecule has 0 aliphatic carbocycles. The maximum Gasteiger partial charge on any atom is 0.416 e. The molecule has 0 fully saturated rings. The first-order chi connectivity index (χ1) is 13.4. The van der Waals surface area contributed by atoms with Crippen molar-refractivity contribution in [2.24, 2.45) is 4.99 Å². The molecule has 158 valence electrons. The van der Waals surface area contributed by atoms with Gasteiger partial charge in [0, 0.05) is 13.1 Å². The van der Waals surface area contributed by atoms with Crippen LogP contribution in [0.3, 0.4) is 0 Å². The number of nitrogens with one attached hydrogen (secondary N) is 3. The Bertz CT molecular complexity index is 781. The van der Waals surface area contributed by atoms with E-state index in [1.54, 1.807) is 0 Å². The lowest BCUT2D eigenvalue weighted by atomic mass is 10.1. The molecular weight excluding hydrogens is 496 g/mol. The number of halogens is 4. The summed E-state index contributed by atoms with van der Waals surface area (Å²) in [6, 6.07) is 14.4. The zero-order valence-corrected chi connectivity index (χ0v) is 18.3. The second-order valence-electron chi connectivity index (χ2n) is 6.01. The van der Waals surface area contributed by atoms with Crippen LogP contribution in [-0.2, 0) is 24.1 Å². The van der Waals surface area contributed by atoms with Crippen molar-refractivity contribution in [3.05, 3.63) is 71.3 Å². The molecule has 2 rings (SSSR count). The monoisotopic (exact) mass is 520 g/mol. The van der Waals surface area contributed by atoms with E-state index in [-0.39, 0.29) is 43.0 Å². The molecule has 0 aliphatic heterocycles. The lowest BCUT2D eigenvalue weighted by Crippen LogP contribution is -2.43. The van der Waals surface area contributed by atoms with Crippen molar-refractivity contribution in [3.8, 4) is 0 Å². The van der Waals surface area contributed by atoms with Crippen molar-refractivity contribution in [1.29, 1.82) is 0 Å². The Balaban J connectivity index is 0.00000420. The van der Waals surface area contributed by atoms with Crippen LogP contribution >= 0.6 is 24.0 Å². The molecule has 9 heteroatoms. The molecule has 0 atom stereocenters. The maximum atomic E-state index is 12.6. The number of rotatable bonds is 7. The largest absolute Gasteiger partial charge is 0.416 e. The highest BCUT2D eigenvalue weighted by molar-refractivity contribution is 14.0. The van der Waals surface area contributed by atoms with Crippen LogP contribution in [0.25, 0.3) is 0 Å². The second kappa shape index (κ2) is 12.3. The minimum atomic E-state index is -4.36. The van der Waals surface area contributed by atoms with Crippen LogP contribution in [0.5, 0.6) is 0 Å². The lowest BCUT2D eigenvalue weighted by Gasteiger charge is -2.12. The Morgan fingerprint density at radius 1 is 0.931 bits per heavy atom. The quantitative estimate of drug-likeness (QED) is 0.297. The smallest absolute Gasteiger partial charge is 0.357 e. The van der Waals surface area contributed by atoms with E-state index in [1.807, 2.05) is 37.3 Å². The van der Waals surface area contributed by atoms with E-state index in [2.05, 4.69) is 20.9 Å². The Kier molecular flexibility index (Phi) is 10.5. The Morgan fingerprint density at radius 3 is 2.17 bits per heavy atom. The first-order valence-electron chi connectivity index (χ1n) is 8.87. The Morgan fingerprint density at radius 2 is 1.59 bits per heavy atom. The number of nitrogens with zero attached hydrogens (tertiary/aromatic N) is 1. The van der Waals surface area contributed by atoms with Gasteiger partial charge in [0.05, 0.1) is 18.7 Å². The molecule has 0 saturated heterocycles. The van der Waals surface area contributed by atoms with Gasteiger partial charge in [0.1, 0.15) is 0 Å². The number of guanidine groups is 1. The third kappa shape index (κ3) is 9.16. The van der Waals surface area contributed by atoms with Crippen molar-refractivity contribution in [3.63, 3.8) is 0 Å². The van der Waals surface area contributed by atoms with Gasteiger partial charge < -0.3 is 16.0 Å². The first-order valence-corrected chi connectivity index (χ1v) is 8.87. The summed E-state index contributed by atoms with van der Waals surface area (Å²) in [4.78, 5) is 16.3. The van der Waals surface area contributed by atoms with Gasteiger partial charge >= 0.3 is 6.18 Å². The van der Waals surface area contributed by atoms with Gasteiger partial charge in [-0.1, -0.05) is 42.5 Å². The van der Waals surface area contributed by atoms with Crippen LogP contribution in [-0.4, -0.2) is 25.0 Å². The molecule has 0 aliphatic rings. The predicted octanol–water partition coefficient (Wildman–Crippen LogP) is 3.69. The van der Waals surface area contributed by atoms with E-state index in [4.69, 9.17) is 0 Å². The van der Waals surface area contributed by atoms with Crippen LogP contribution < -0.4 is 16.0 Å². The lowest BCUT2D eigenvalue weighted by molar-refractivity contribution is -0.137. The summed E-state index contributed by atoms with van der Waals surface area (Å²) in [6.45, 7) is 3.13. The molecule has 0 radical (unpaired) electrons. The highest BCUT2D eigenvalue weighted by atomic mass is 127. The third-order valence-electron chi connectivity index (χ3n) is 3.79. The number of amides is 1. The van der Waals surface area contributed by atoms with Gasteiger partial charge in [-0.05, 0) is 30.2 Å². The zero-order valence-electron chi connectivity index (χ0n) is 15.9. The van der Waals surface area contributed by atoms with Gasteiger partial charge in [0.15, 0.2) is 5.96 Å². The highest BCUT2D eigenvalue weighted by Crippen LogP contribution is 2.29. The first kappa shape index (κ1) is 24.7. The summed E-state index contributed by atoms with van der Waals surface area (Å²) < 4.78 is 37.8. The van der Waals surface area contributed by atoms with Gasteiger partial charge in [0.25, 0.3) is 0 Å². The molecule has 0 unspecified atom stereocenters. The molecular formula is C20H24F3IN4O. The van der Waals surface area contributed by atoms with E-state index in [1.165, 1.54) is 12.1 Å². The van der Waals surface area contributed by atoms with Crippen molar-refractivity contribution in [2.45, 2.75) is 26.2 Å². The minimum absolute atomic E-state index is 0. The fraction of sp³-hybridized carbons (Fsp3) is 0.300. The molecule has 1 amide bonds. The van der Waals surface area contributed by atoms with Gasteiger partial charge in [0.2, 0.25) is 5.91 Å². The molecule has 3 N–H and O–H groups in total. The summed E-state index contributed by atoms with van der Waals surface area (Å²) in [7, 11) is 0. The van der Waals surface area contributed by atoms with Crippen LogP contribution in [0.4, 0.5) is 13.2 Å². The molecule has 2 aromatic rings. The summed E-state index contributed by atoms with van der Waals surface area (Å²) in [5.74, 6) is 0.223. The maximum absolute atomic E-state index is 12.6. The number of hydrogen-bond donors (Lipinski definition) is 3. The molecule has 29 heavy (non-hydrogen) atoms. The number of aliphatic imine (C=N–C) groups is 1. The number of benzene rings is 2. The van der Waals surface area contributed by atoms with Crippen molar-refractivity contribution < 1.29 is 18.0 Å². The average Bonchev–Trinajstić information content (AvgIpc) is 2.69. The minimum Gasteiger partial charge on any atom is -0.357 e. The molecule has 2 aromatic carbocycles. The van der Waals surface area contributed by atoms with Gasteiger partial charge in [-0.25, -0.2) is 4.99 Å². The molecule has 0 bridgehead atoms. The zero-order chi connectivity index (χ0) is 20.4. The Labute approximate surface area is 185 Å². The van der Waals surface area contributed by atoms with Crippen LogP contribution in [0, 0.1) is 0 Å². The van der Waals surface area contributed by atoms with Gasteiger partial charge in [-0.2, -0.15) is 13.2 Å². The predicted molar refractivity (Wildman–Crippen MR) is 118 cm³/mol. The summed E-state index contributed by atoms with van der Waals surface area (Å²) in [5.41, 5.74) is 0.942. The third-order valence-corrected chi connectivity index (χ3v) is 3.79. The molecule has 0 aromatic heterocycles.